The minimum absolute atomic E-state index is 0.604. The predicted octanol–water partition coefficient (Wildman–Crippen LogP) is 1.57. The van der Waals surface area contributed by atoms with E-state index in [0.29, 0.717) is 6.04 Å². The molecule has 0 aromatic carbocycles. The van der Waals surface area contributed by atoms with Gasteiger partial charge in [-0.05, 0) is 20.3 Å². The molecule has 0 radical (unpaired) electrons. The number of aromatic nitrogens is 2. The second kappa shape index (κ2) is 2.26. The molecule has 1 aliphatic rings. The van der Waals surface area contributed by atoms with Gasteiger partial charge in [-0.3, -0.25) is 0 Å². The van der Waals surface area contributed by atoms with Gasteiger partial charge >= 0.3 is 0 Å². The first-order chi connectivity index (χ1) is 5.27. The lowest BCUT2D eigenvalue weighted by Gasteiger charge is -2.22. The standard InChI is InChI=1S/C8H13N3/c1-6-5-11-7(2)3-4-9-8(11)10-6/h5,7H,3-4H2,1-2H3,(H,9,10). The van der Waals surface area contributed by atoms with E-state index < -0.39 is 0 Å². The van der Waals surface area contributed by atoms with Crippen LogP contribution in [0.15, 0.2) is 6.20 Å². The fraction of sp³-hybridized carbons (Fsp3) is 0.625. The monoisotopic (exact) mass is 151 g/mol. The van der Waals surface area contributed by atoms with Gasteiger partial charge in [0.25, 0.3) is 0 Å². The van der Waals surface area contributed by atoms with Crippen molar-refractivity contribution in [3.63, 3.8) is 0 Å². The number of nitrogens with one attached hydrogen (secondary N) is 1. The zero-order chi connectivity index (χ0) is 7.84. The third-order valence-corrected chi connectivity index (χ3v) is 2.17. The van der Waals surface area contributed by atoms with Crippen LogP contribution < -0.4 is 5.32 Å². The molecule has 0 fully saturated rings. The number of hydrogen-bond donors (Lipinski definition) is 1. The number of anilines is 1. The Kier molecular flexibility index (Phi) is 1.37. The second-order valence-electron chi connectivity index (χ2n) is 3.18. The number of aryl methyl sites for hydroxylation is 1. The largest absolute Gasteiger partial charge is 0.356 e. The molecule has 1 aromatic heterocycles. The summed E-state index contributed by atoms with van der Waals surface area (Å²) in [7, 11) is 0. The van der Waals surface area contributed by atoms with Gasteiger partial charge in [0.2, 0.25) is 5.95 Å². The van der Waals surface area contributed by atoms with Crippen LogP contribution in [0.5, 0.6) is 0 Å². The van der Waals surface area contributed by atoms with E-state index in [2.05, 4.69) is 28.0 Å². The van der Waals surface area contributed by atoms with Gasteiger partial charge in [0, 0.05) is 18.8 Å². The fourth-order valence-corrected chi connectivity index (χ4v) is 1.51. The van der Waals surface area contributed by atoms with Crippen molar-refractivity contribution in [1.82, 2.24) is 9.55 Å². The molecule has 2 heterocycles. The van der Waals surface area contributed by atoms with E-state index in [0.717, 1.165) is 18.2 Å². The molecule has 2 rings (SSSR count). The number of imidazole rings is 1. The highest BCUT2D eigenvalue weighted by Crippen LogP contribution is 2.22. The molecule has 1 aromatic rings. The maximum Gasteiger partial charge on any atom is 0.203 e. The zero-order valence-corrected chi connectivity index (χ0v) is 6.96. The van der Waals surface area contributed by atoms with Crippen LogP contribution in [0.2, 0.25) is 0 Å². The number of nitrogens with zero attached hydrogens (tertiary/aromatic N) is 2. The Morgan fingerprint density at radius 2 is 2.55 bits per heavy atom. The second-order valence-corrected chi connectivity index (χ2v) is 3.18. The first kappa shape index (κ1) is 6.70. The minimum atomic E-state index is 0.604. The van der Waals surface area contributed by atoms with Crippen molar-refractivity contribution in [2.45, 2.75) is 26.3 Å². The van der Waals surface area contributed by atoms with Gasteiger partial charge in [-0.15, -0.1) is 0 Å². The Hall–Kier alpha value is -0.990. The van der Waals surface area contributed by atoms with Crippen LogP contribution in [0.25, 0.3) is 0 Å². The lowest BCUT2D eigenvalue weighted by atomic mass is 10.2. The van der Waals surface area contributed by atoms with Crippen molar-refractivity contribution in [1.29, 1.82) is 0 Å². The fourth-order valence-electron chi connectivity index (χ4n) is 1.51. The highest BCUT2D eigenvalue weighted by Gasteiger charge is 2.15. The Bertz CT molecular complexity index is 264. The molecular weight excluding hydrogens is 138 g/mol. The smallest absolute Gasteiger partial charge is 0.203 e. The van der Waals surface area contributed by atoms with Crippen LogP contribution in [0.4, 0.5) is 5.95 Å². The third kappa shape index (κ3) is 1.00. The molecule has 1 N–H and O–H groups in total. The average Bonchev–Trinajstić information content (AvgIpc) is 2.31. The van der Waals surface area contributed by atoms with Crippen molar-refractivity contribution in [2.75, 3.05) is 11.9 Å². The van der Waals surface area contributed by atoms with E-state index in [-0.39, 0.29) is 0 Å². The zero-order valence-electron chi connectivity index (χ0n) is 6.96. The molecule has 1 atom stereocenters. The van der Waals surface area contributed by atoms with Crippen LogP contribution in [-0.4, -0.2) is 16.1 Å². The average molecular weight is 151 g/mol. The van der Waals surface area contributed by atoms with Crippen molar-refractivity contribution in [3.05, 3.63) is 11.9 Å². The van der Waals surface area contributed by atoms with Crippen molar-refractivity contribution < 1.29 is 0 Å². The summed E-state index contributed by atoms with van der Waals surface area (Å²) in [6.07, 6.45) is 3.30. The molecule has 0 amide bonds. The first-order valence-electron chi connectivity index (χ1n) is 4.07. The summed E-state index contributed by atoms with van der Waals surface area (Å²) < 4.78 is 2.21. The van der Waals surface area contributed by atoms with E-state index in [1.54, 1.807) is 0 Å². The van der Waals surface area contributed by atoms with Crippen molar-refractivity contribution in [2.24, 2.45) is 0 Å². The Balaban J connectivity index is 2.43. The summed E-state index contributed by atoms with van der Waals surface area (Å²) in [6.45, 7) is 5.31. The topological polar surface area (TPSA) is 29.9 Å². The van der Waals surface area contributed by atoms with Gasteiger partial charge in [0.05, 0.1) is 5.69 Å². The summed E-state index contributed by atoms with van der Waals surface area (Å²) in [5.74, 6) is 1.03. The van der Waals surface area contributed by atoms with E-state index in [1.807, 2.05) is 6.92 Å². The number of rotatable bonds is 0. The highest BCUT2D eigenvalue weighted by molar-refractivity contribution is 5.31. The minimum Gasteiger partial charge on any atom is -0.356 e. The molecule has 0 bridgehead atoms. The summed E-state index contributed by atoms with van der Waals surface area (Å²) in [5.41, 5.74) is 1.10. The SMILES string of the molecule is Cc1cn2c(n1)NCCC2C. The van der Waals surface area contributed by atoms with Crippen LogP contribution in [0.3, 0.4) is 0 Å². The van der Waals surface area contributed by atoms with Gasteiger partial charge in [-0.2, -0.15) is 0 Å². The Morgan fingerprint density at radius 1 is 1.73 bits per heavy atom. The van der Waals surface area contributed by atoms with E-state index >= 15 is 0 Å². The molecule has 3 heteroatoms. The molecule has 0 saturated heterocycles. The molecule has 3 nitrogen and oxygen atoms in total. The molecule has 60 valence electrons. The summed E-state index contributed by atoms with van der Waals surface area (Å²) in [4.78, 5) is 4.35. The van der Waals surface area contributed by atoms with Gasteiger partial charge in [-0.25, -0.2) is 4.98 Å². The number of hydrogen-bond acceptors (Lipinski definition) is 2. The Morgan fingerprint density at radius 3 is 3.27 bits per heavy atom. The van der Waals surface area contributed by atoms with Crippen molar-refractivity contribution in [3.8, 4) is 0 Å². The first-order valence-corrected chi connectivity index (χ1v) is 4.07. The quantitative estimate of drug-likeness (QED) is 0.610. The number of fused-ring (bicyclic) bond motifs is 1. The van der Waals surface area contributed by atoms with Gasteiger partial charge in [0.1, 0.15) is 0 Å². The highest BCUT2D eigenvalue weighted by atomic mass is 15.2. The summed E-state index contributed by atoms with van der Waals surface area (Å²) in [5, 5.41) is 3.27. The third-order valence-electron chi connectivity index (χ3n) is 2.17. The summed E-state index contributed by atoms with van der Waals surface area (Å²) >= 11 is 0. The van der Waals surface area contributed by atoms with E-state index in [1.165, 1.54) is 6.42 Å². The van der Waals surface area contributed by atoms with Crippen LogP contribution in [0, 0.1) is 6.92 Å². The molecular formula is C8H13N3. The molecule has 0 aliphatic carbocycles. The lowest BCUT2D eigenvalue weighted by Crippen LogP contribution is -2.20. The maximum absolute atomic E-state index is 4.35. The predicted molar refractivity (Wildman–Crippen MR) is 44.8 cm³/mol. The molecule has 1 unspecified atom stereocenters. The van der Waals surface area contributed by atoms with E-state index in [9.17, 15) is 0 Å². The lowest BCUT2D eigenvalue weighted by molar-refractivity contribution is 0.498. The molecule has 1 aliphatic heterocycles. The summed E-state index contributed by atoms with van der Waals surface area (Å²) in [6, 6.07) is 0.604. The molecule has 11 heavy (non-hydrogen) atoms. The van der Waals surface area contributed by atoms with Crippen molar-refractivity contribution >= 4 is 5.95 Å². The molecule has 0 saturated carbocycles. The van der Waals surface area contributed by atoms with Gasteiger partial charge in [0.15, 0.2) is 0 Å². The Labute approximate surface area is 66.4 Å². The van der Waals surface area contributed by atoms with Gasteiger partial charge < -0.3 is 9.88 Å². The van der Waals surface area contributed by atoms with Gasteiger partial charge in [-0.1, -0.05) is 0 Å². The van der Waals surface area contributed by atoms with Crippen LogP contribution >= 0.6 is 0 Å². The van der Waals surface area contributed by atoms with Crippen LogP contribution in [0.1, 0.15) is 25.1 Å². The maximum atomic E-state index is 4.35. The molecule has 0 spiro atoms. The van der Waals surface area contributed by atoms with Crippen LogP contribution in [-0.2, 0) is 0 Å². The van der Waals surface area contributed by atoms with E-state index in [4.69, 9.17) is 0 Å². The normalized spacial score (nSPS) is 22.5.